The summed E-state index contributed by atoms with van der Waals surface area (Å²) in [6.07, 6.45) is 0. The Balaban J connectivity index is 0. The van der Waals surface area contributed by atoms with Crippen LogP contribution in [0.1, 0.15) is 0 Å². The van der Waals surface area contributed by atoms with Crippen molar-refractivity contribution >= 4 is 35.6 Å². The number of hydrazine groups is 1. The molecule has 5 heteroatoms. The summed E-state index contributed by atoms with van der Waals surface area (Å²) in [4.78, 5) is 9.35. The molecule has 5 N–H and O–H groups in total. The first-order valence-corrected chi connectivity index (χ1v) is 1.03. The second-order valence-corrected chi connectivity index (χ2v) is 0.509. The Morgan fingerprint density at radius 2 is 1.83 bits per heavy atom. The summed E-state index contributed by atoms with van der Waals surface area (Å²) < 4.78 is 0. The van der Waals surface area contributed by atoms with Gasteiger partial charge in [0.15, 0.2) is 0 Å². The Morgan fingerprint density at radius 3 is 1.83 bits per heavy atom. The third kappa shape index (κ3) is 8.87. The SMILES string of the molecule is NNC(N)=O.[NaH]. The molecule has 0 aliphatic heterocycles. The van der Waals surface area contributed by atoms with E-state index in [-0.39, 0.29) is 29.6 Å². The number of primary amides is 1. The molecule has 0 aliphatic rings. The molecule has 4 nitrogen and oxygen atoms in total. The molecule has 2 amide bonds. The van der Waals surface area contributed by atoms with Crippen molar-refractivity contribution in [3.8, 4) is 0 Å². The zero-order valence-corrected chi connectivity index (χ0v) is 2.56. The maximum absolute atomic E-state index is 9.35. The van der Waals surface area contributed by atoms with Gasteiger partial charge < -0.3 is 5.73 Å². The molecular formula is CH6N3NaO. The van der Waals surface area contributed by atoms with Gasteiger partial charge in [0.05, 0.1) is 0 Å². The van der Waals surface area contributed by atoms with Gasteiger partial charge in [-0.15, -0.1) is 0 Å². The third-order valence-corrected chi connectivity index (χ3v) is 0.142. The van der Waals surface area contributed by atoms with E-state index in [9.17, 15) is 4.79 Å². The van der Waals surface area contributed by atoms with E-state index in [2.05, 4.69) is 11.6 Å². The number of hydrogen-bond acceptors (Lipinski definition) is 2. The number of rotatable bonds is 0. The van der Waals surface area contributed by atoms with Gasteiger partial charge in [-0.05, 0) is 0 Å². The van der Waals surface area contributed by atoms with E-state index >= 15 is 0 Å². The summed E-state index contributed by atoms with van der Waals surface area (Å²) in [7, 11) is 0. The number of hydrogen-bond donors (Lipinski definition) is 3. The van der Waals surface area contributed by atoms with E-state index in [0.717, 1.165) is 0 Å². The van der Waals surface area contributed by atoms with Crippen LogP contribution in [0.25, 0.3) is 0 Å². The van der Waals surface area contributed by atoms with Crippen molar-refractivity contribution in [3.05, 3.63) is 0 Å². The van der Waals surface area contributed by atoms with E-state index in [1.54, 1.807) is 5.43 Å². The van der Waals surface area contributed by atoms with Gasteiger partial charge in [-0.1, -0.05) is 0 Å². The summed E-state index contributed by atoms with van der Waals surface area (Å²) in [6, 6.07) is -0.718. The van der Waals surface area contributed by atoms with Crippen molar-refractivity contribution in [1.82, 2.24) is 5.43 Å². The van der Waals surface area contributed by atoms with Crippen LogP contribution in [0.15, 0.2) is 0 Å². The van der Waals surface area contributed by atoms with Gasteiger partial charge in [0.1, 0.15) is 0 Å². The second-order valence-electron chi connectivity index (χ2n) is 0.509. The van der Waals surface area contributed by atoms with Gasteiger partial charge in [0.25, 0.3) is 0 Å². The molecule has 6 heavy (non-hydrogen) atoms. The van der Waals surface area contributed by atoms with Crippen LogP contribution in [0.3, 0.4) is 0 Å². The molecule has 0 bridgehead atoms. The molecule has 0 spiro atoms. The molecule has 0 heterocycles. The number of carbonyl (C=O) groups is 1. The Hall–Kier alpha value is 0.230. The Morgan fingerprint density at radius 1 is 1.67 bits per heavy atom. The van der Waals surface area contributed by atoms with E-state index in [0.29, 0.717) is 0 Å². The minimum atomic E-state index is -0.718. The van der Waals surface area contributed by atoms with Gasteiger partial charge in [0, 0.05) is 0 Å². The van der Waals surface area contributed by atoms with Gasteiger partial charge in [-0.25, -0.2) is 10.6 Å². The standard InChI is InChI=1S/CH5N3O.Na.H/c2-1(5)4-3;;/h3H2,(H3,2,4,5);;. The normalized spacial score (nSPS) is 5.50. The van der Waals surface area contributed by atoms with Crippen LogP contribution in [0.2, 0.25) is 0 Å². The van der Waals surface area contributed by atoms with Crippen molar-refractivity contribution in [2.24, 2.45) is 11.6 Å². The van der Waals surface area contributed by atoms with Crippen LogP contribution in [-0.2, 0) is 0 Å². The summed E-state index contributed by atoms with van der Waals surface area (Å²) in [5, 5.41) is 0. The number of amides is 2. The first-order valence-electron chi connectivity index (χ1n) is 1.03. The van der Waals surface area contributed by atoms with Crippen LogP contribution in [0.5, 0.6) is 0 Å². The molecule has 0 saturated heterocycles. The van der Waals surface area contributed by atoms with Crippen molar-refractivity contribution in [3.63, 3.8) is 0 Å². The fourth-order valence-corrected chi connectivity index (χ4v) is 0. The van der Waals surface area contributed by atoms with Crippen LogP contribution in [0.4, 0.5) is 4.79 Å². The fraction of sp³-hybridized carbons (Fsp3) is 0. The molecule has 0 aromatic carbocycles. The molecule has 0 saturated carbocycles. The first kappa shape index (κ1) is 9.52. The second kappa shape index (κ2) is 5.23. The zero-order valence-electron chi connectivity index (χ0n) is 2.56. The number of nitrogens with two attached hydrogens (primary N) is 2. The van der Waals surface area contributed by atoms with Crippen LogP contribution < -0.4 is 17.0 Å². The van der Waals surface area contributed by atoms with Gasteiger partial charge in [0.2, 0.25) is 0 Å². The van der Waals surface area contributed by atoms with Gasteiger partial charge in [-0.2, -0.15) is 0 Å². The molecule has 0 fully saturated rings. The average Bonchev–Trinajstić information content (AvgIpc) is 1.38. The van der Waals surface area contributed by atoms with Crippen molar-refractivity contribution in [2.45, 2.75) is 0 Å². The molecule has 0 unspecified atom stereocenters. The Bertz CT molecular complexity index is 46.1. The zero-order chi connectivity index (χ0) is 4.28. The van der Waals surface area contributed by atoms with Crippen molar-refractivity contribution in [1.29, 1.82) is 0 Å². The molecule has 0 atom stereocenters. The predicted octanol–water partition coefficient (Wildman–Crippen LogP) is -2.12. The summed E-state index contributed by atoms with van der Waals surface area (Å²) in [5.41, 5.74) is 6.08. The summed E-state index contributed by atoms with van der Waals surface area (Å²) in [6.45, 7) is 0. The summed E-state index contributed by atoms with van der Waals surface area (Å²) in [5.74, 6) is 4.45. The average molecular weight is 99.1 g/mol. The molecule has 0 aromatic rings. The molecule has 0 aliphatic carbocycles. The monoisotopic (exact) mass is 99.0 g/mol. The maximum atomic E-state index is 9.35. The Labute approximate surface area is 57.5 Å². The molecule has 0 rings (SSSR count). The van der Waals surface area contributed by atoms with Crippen LogP contribution >= 0.6 is 0 Å². The number of carbonyl (C=O) groups excluding carboxylic acids is 1. The first-order chi connectivity index (χ1) is 2.27. The molecule has 0 aromatic heterocycles. The van der Waals surface area contributed by atoms with Gasteiger partial charge >= 0.3 is 35.6 Å². The van der Waals surface area contributed by atoms with E-state index in [1.807, 2.05) is 0 Å². The number of urea groups is 1. The molecule has 0 radical (unpaired) electrons. The van der Waals surface area contributed by atoms with Crippen molar-refractivity contribution in [2.75, 3.05) is 0 Å². The quantitative estimate of drug-likeness (QED) is 0.140. The van der Waals surface area contributed by atoms with Crippen LogP contribution in [-0.4, -0.2) is 35.6 Å². The number of nitrogens with one attached hydrogen (secondary N) is 1. The third-order valence-electron chi connectivity index (χ3n) is 0.142. The minimum absolute atomic E-state index is 0. The fourth-order valence-electron chi connectivity index (χ4n) is 0. The predicted molar refractivity (Wildman–Crippen MR) is 24.1 cm³/mol. The molecule has 32 valence electrons. The topological polar surface area (TPSA) is 81.1 Å². The van der Waals surface area contributed by atoms with E-state index < -0.39 is 6.03 Å². The molecular weight excluding hydrogens is 93.0 g/mol. The van der Waals surface area contributed by atoms with E-state index in [4.69, 9.17) is 0 Å². The summed E-state index contributed by atoms with van der Waals surface area (Å²) >= 11 is 0. The van der Waals surface area contributed by atoms with Gasteiger partial charge in [-0.3, -0.25) is 5.43 Å². The van der Waals surface area contributed by atoms with Crippen LogP contribution in [0, 0.1) is 0 Å². The van der Waals surface area contributed by atoms with E-state index in [1.165, 1.54) is 0 Å². The Kier molecular flexibility index (Phi) is 8.30. The van der Waals surface area contributed by atoms with Crippen molar-refractivity contribution < 1.29 is 4.79 Å².